The number of benzene rings is 8. The first-order chi connectivity index (χ1) is 25.8. The van der Waals surface area contributed by atoms with Gasteiger partial charge in [0.05, 0.1) is 0 Å². The molecule has 0 N–H and O–H groups in total. The van der Waals surface area contributed by atoms with E-state index in [-0.39, 0.29) is 12.1 Å². The average Bonchev–Trinajstić information content (AvgIpc) is 3.38. The Balaban J connectivity index is 1.07. The quantitative estimate of drug-likeness (QED) is 0.173. The van der Waals surface area contributed by atoms with Gasteiger partial charge in [0.15, 0.2) is 0 Å². The van der Waals surface area contributed by atoms with Crippen LogP contribution in [0.25, 0.3) is 32.7 Å². The molecule has 0 radical (unpaired) electrons. The van der Waals surface area contributed by atoms with Crippen molar-refractivity contribution in [1.82, 2.24) is 0 Å². The largest absolute Gasteiger partial charge is 0.458 e. The molecular formula is C49H36BNO2. The molecule has 8 aromatic rings. The summed E-state index contributed by atoms with van der Waals surface area (Å²) in [6.07, 6.45) is 0. The first-order valence-electron chi connectivity index (χ1n) is 18.5. The Hall–Kier alpha value is -6.26. The van der Waals surface area contributed by atoms with Gasteiger partial charge in [0, 0.05) is 27.9 Å². The van der Waals surface area contributed by atoms with Crippen LogP contribution in [-0.4, -0.2) is 6.71 Å². The zero-order valence-corrected chi connectivity index (χ0v) is 30.2. The lowest BCUT2D eigenvalue weighted by molar-refractivity contribution is 0.465. The highest BCUT2D eigenvalue weighted by atomic mass is 16.5. The topological polar surface area (TPSA) is 21.7 Å². The molecule has 2 aliphatic heterocycles. The number of ether oxygens (including phenoxy) is 2. The molecule has 2 heterocycles. The number of fused-ring (bicyclic) bond motifs is 10. The summed E-state index contributed by atoms with van der Waals surface area (Å²) in [7, 11) is 0. The summed E-state index contributed by atoms with van der Waals surface area (Å²) in [5, 5.41) is 4.89. The van der Waals surface area contributed by atoms with Crippen LogP contribution < -0.4 is 30.8 Å². The molecule has 53 heavy (non-hydrogen) atoms. The Kier molecular flexibility index (Phi) is 6.24. The van der Waals surface area contributed by atoms with Gasteiger partial charge < -0.3 is 14.4 Å². The molecule has 3 nitrogen and oxygen atoms in total. The van der Waals surface area contributed by atoms with Crippen molar-refractivity contribution in [2.75, 3.05) is 4.90 Å². The maximum absolute atomic E-state index is 6.80. The van der Waals surface area contributed by atoms with Crippen molar-refractivity contribution in [3.63, 3.8) is 0 Å². The van der Waals surface area contributed by atoms with Gasteiger partial charge in [-0.1, -0.05) is 97.8 Å². The van der Waals surface area contributed by atoms with Crippen molar-refractivity contribution in [3.05, 3.63) is 168 Å². The second kappa shape index (κ2) is 10.9. The van der Waals surface area contributed by atoms with E-state index in [4.69, 9.17) is 9.47 Å². The Morgan fingerprint density at radius 3 is 1.81 bits per heavy atom. The Morgan fingerprint density at radius 1 is 0.472 bits per heavy atom. The average molecular weight is 682 g/mol. The van der Waals surface area contributed by atoms with Crippen LogP contribution in [0, 0.1) is 13.8 Å². The van der Waals surface area contributed by atoms with Crippen molar-refractivity contribution in [2.45, 2.75) is 33.1 Å². The maximum atomic E-state index is 6.80. The van der Waals surface area contributed by atoms with Crippen LogP contribution in [0.15, 0.2) is 146 Å². The lowest BCUT2D eigenvalue weighted by Crippen LogP contribution is -2.57. The highest BCUT2D eigenvalue weighted by molar-refractivity contribution is 6.99. The maximum Gasteiger partial charge on any atom is 0.261 e. The summed E-state index contributed by atoms with van der Waals surface area (Å²) in [6.45, 7) is 9.03. The van der Waals surface area contributed by atoms with Gasteiger partial charge in [-0.3, -0.25) is 0 Å². The lowest BCUT2D eigenvalue weighted by atomic mass is 9.34. The Morgan fingerprint density at radius 2 is 1.08 bits per heavy atom. The molecule has 1 aliphatic carbocycles. The van der Waals surface area contributed by atoms with E-state index < -0.39 is 0 Å². The van der Waals surface area contributed by atoms with Gasteiger partial charge in [-0.2, -0.15) is 0 Å². The number of anilines is 3. The number of aryl methyl sites for hydroxylation is 2. The molecule has 8 aromatic carbocycles. The van der Waals surface area contributed by atoms with Crippen LogP contribution in [0.1, 0.15) is 36.1 Å². The van der Waals surface area contributed by atoms with Crippen LogP contribution in [0.3, 0.4) is 0 Å². The first-order valence-corrected chi connectivity index (χ1v) is 18.5. The minimum atomic E-state index is -0.218. The third kappa shape index (κ3) is 4.42. The van der Waals surface area contributed by atoms with Crippen molar-refractivity contribution in [3.8, 4) is 34.1 Å². The Labute approximate surface area is 310 Å². The molecule has 4 heteroatoms. The normalized spacial score (nSPS) is 14.1. The second-order valence-electron chi connectivity index (χ2n) is 15.5. The predicted molar refractivity (Wildman–Crippen MR) is 221 cm³/mol. The van der Waals surface area contributed by atoms with E-state index in [0.29, 0.717) is 0 Å². The van der Waals surface area contributed by atoms with E-state index >= 15 is 0 Å². The monoisotopic (exact) mass is 681 g/mol. The minimum Gasteiger partial charge on any atom is -0.458 e. The fourth-order valence-electron chi connectivity index (χ4n) is 9.14. The molecule has 0 aromatic heterocycles. The number of rotatable bonds is 3. The number of nitrogens with zero attached hydrogens (tertiary/aromatic N) is 1. The standard InChI is InChI=1S/C49H36BNO2/c1-29-12-18-34(19-13-29)51(35-20-14-30(2)15-21-35)36-22-16-32-25-38-39-27-46-42(28-41(39)49(3,4)40(38)26-33(32)24-36)50-47-37-9-6-5-8-31(37)17-23-45(47)52-43-10-7-11-44(53-46)48(43)50/h5-28H,1-4H3. The highest BCUT2D eigenvalue weighted by Crippen LogP contribution is 2.52. The third-order valence-corrected chi connectivity index (χ3v) is 11.9. The Bertz CT molecular complexity index is 2790. The summed E-state index contributed by atoms with van der Waals surface area (Å²) in [6, 6.07) is 53.2. The van der Waals surface area contributed by atoms with Gasteiger partial charge in [0.25, 0.3) is 6.71 Å². The van der Waals surface area contributed by atoms with Crippen molar-refractivity contribution in [2.24, 2.45) is 0 Å². The summed E-state index contributed by atoms with van der Waals surface area (Å²) in [5.41, 5.74) is 14.4. The third-order valence-electron chi connectivity index (χ3n) is 11.9. The number of hydrogen-bond donors (Lipinski definition) is 0. The van der Waals surface area contributed by atoms with Crippen molar-refractivity contribution >= 4 is 61.7 Å². The van der Waals surface area contributed by atoms with Gasteiger partial charge in [-0.25, -0.2) is 0 Å². The fourth-order valence-corrected chi connectivity index (χ4v) is 9.14. The van der Waals surface area contributed by atoms with Gasteiger partial charge in [0.1, 0.15) is 23.0 Å². The molecule has 3 aliphatic rings. The van der Waals surface area contributed by atoms with E-state index in [1.807, 2.05) is 6.07 Å². The van der Waals surface area contributed by atoms with Gasteiger partial charge in [0.2, 0.25) is 0 Å². The summed E-state index contributed by atoms with van der Waals surface area (Å²) < 4.78 is 13.4. The molecule has 252 valence electrons. The molecule has 0 unspecified atom stereocenters. The second-order valence-corrected chi connectivity index (χ2v) is 15.5. The van der Waals surface area contributed by atoms with Crippen LogP contribution in [0.5, 0.6) is 23.0 Å². The van der Waals surface area contributed by atoms with E-state index in [9.17, 15) is 0 Å². The van der Waals surface area contributed by atoms with Crippen LogP contribution in [0.2, 0.25) is 0 Å². The van der Waals surface area contributed by atoms with E-state index in [1.54, 1.807) is 0 Å². The first kappa shape index (κ1) is 30.4. The van der Waals surface area contributed by atoms with Gasteiger partial charge >= 0.3 is 0 Å². The van der Waals surface area contributed by atoms with Crippen molar-refractivity contribution in [1.29, 1.82) is 0 Å². The summed E-state index contributed by atoms with van der Waals surface area (Å²) in [4.78, 5) is 2.36. The zero-order chi connectivity index (χ0) is 35.6. The molecule has 0 spiro atoms. The molecule has 0 saturated heterocycles. The van der Waals surface area contributed by atoms with Crippen LogP contribution in [-0.2, 0) is 5.41 Å². The molecule has 0 atom stereocenters. The minimum absolute atomic E-state index is 0.000716. The molecule has 0 saturated carbocycles. The summed E-state index contributed by atoms with van der Waals surface area (Å²) >= 11 is 0. The lowest BCUT2D eigenvalue weighted by Gasteiger charge is -2.34. The zero-order valence-electron chi connectivity index (χ0n) is 30.2. The van der Waals surface area contributed by atoms with E-state index in [2.05, 4.69) is 172 Å². The van der Waals surface area contributed by atoms with Gasteiger partial charge in [-0.15, -0.1) is 0 Å². The fraction of sp³-hybridized carbons (Fsp3) is 0.102. The SMILES string of the molecule is Cc1ccc(N(c2ccc(C)cc2)c2ccc3cc4c(cc3c2)C(C)(C)c2cc3c(cc2-4)Oc2cccc4c2B3c2c(ccc3ccccc23)O4)cc1. The van der Waals surface area contributed by atoms with Gasteiger partial charge in [-0.05, 0) is 141 Å². The molecular weight excluding hydrogens is 645 g/mol. The van der Waals surface area contributed by atoms with E-state index in [1.165, 1.54) is 65.9 Å². The van der Waals surface area contributed by atoms with Crippen LogP contribution in [0.4, 0.5) is 17.1 Å². The number of hydrogen-bond acceptors (Lipinski definition) is 3. The molecule has 11 rings (SSSR count). The van der Waals surface area contributed by atoms with E-state index in [0.717, 1.165) is 45.5 Å². The molecule has 0 bridgehead atoms. The predicted octanol–water partition coefficient (Wildman–Crippen LogP) is 11.1. The van der Waals surface area contributed by atoms with Crippen LogP contribution >= 0.6 is 0 Å². The van der Waals surface area contributed by atoms with Crippen molar-refractivity contribution < 1.29 is 9.47 Å². The summed E-state index contributed by atoms with van der Waals surface area (Å²) in [5.74, 6) is 3.58. The smallest absolute Gasteiger partial charge is 0.261 e. The highest BCUT2D eigenvalue weighted by Gasteiger charge is 2.44. The molecule has 0 fully saturated rings. The molecule has 0 amide bonds.